The van der Waals surface area contributed by atoms with E-state index in [0.29, 0.717) is 5.02 Å². The van der Waals surface area contributed by atoms with Gasteiger partial charge in [0.25, 0.3) is 5.69 Å². The van der Waals surface area contributed by atoms with Crippen molar-refractivity contribution in [1.82, 2.24) is 0 Å². The van der Waals surface area contributed by atoms with Gasteiger partial charge >= 0.3 is 0 Å². The van der Waals surface area contributed by atoms with Gasteiger partial charge in [-0.2, -0.15) is 0 Å². The molecule has 0 aliphatic carbocycles. The van der Waals surface area contributed by atoms with Crippen molar-refractivity contribution in [1.29, 1.82) is 0 Å². The molecule has 2 aromatic rings. The molecule has 0 heterocycles. The summed E-state index contributed by atoms with van der Waals surface area (Å²) in [7, 11) is 0. The van der Waals surface area contributed by atoms with E-state index in [1.165, 1.54) is 24.3 Å². The summed E-state index contributed by atoms with van der Waals surface area (Å²) in [5, 5.41) is 10.6. The molecule has 0 unspecified atom stereocenters. The summed E-state index contributed by atoms with van der Waals surface area (Å²) in [6, 6.07) is 15.7. The second kappa shape index (κ2) is 7.04. The highest BCUT2D eigenvalue weighted by molar-refractivity contribution is 9.10. The summed E-state index contributed by atoms with van der Waals surface area (Å²) in [6.45, 7) is 0. The van der Waals surface area contributed by atoms with Crippen molar-refractivity contribution >= 4 is 33.2 Å². The molecule has 0 aliphatic rings. The fourth-order valence-electron chi connectivity index (χ4n) is 0.977. The molecular weight excluding hydrogens is 305 g/mol. The van der Waals surface area contributed by atoms with Crippen LogP contribution in [0.2, 0.25) is 5.02 Å². The van der Waals surface area contributed by atoms with E-state index in [1.807, 2.05) is 30.3 Å². The van der Waals surface area contributed by atoms with Gasteiger partial charge in [0.1, 0.15) is 0 Å². The van der Waals surface area contributed by atoms with Gasteiger partial charge in [-0.15, -0.1) is 0 Å². The number of nitro benzene ring substituents is 1. The van der Waals surface area contributed by atoms with Crippen LogP contribution in [0.5, 0.6) is 0 Å². The molecule has 5 heteroatoms. The topological polar surface area (TPSA) is 43.1 Å². The first-order valence-electron chi connectivity index (χ1n) is 4.70. The molecule has 0 atom stereocenters. The summed E-state index contributed by atoms with van der Waals surface area (Å²) in [4.78, 5) is 9.61. The van der Waals surface area contributed by atoms with Crippen LogP contribution in [0.15, 0.2) is 59.1 Å². The SMILES string of the molecule is Brc1ccccc1.O=[N+]([O-])c1ccc(Cl)cc1. The van der Waals surface area contributed by atoms with Crippen LogP contribution in [0, 0.1) is 10.1 Å². The van der Waals surface area contributed by atoms with Gasteiger partial charge in [-0.05, 0) is 24.3 Å². The van der Waals surface area contributed by atoms with Gasteiger partial charge in [-0.1, -0.05) is 45.7 Å². The zero-order chi connectivity index (χ0) is 12.7. The first kappa shape index (κ1) is 13.7. The number of rotatable bonds is 1. The number of hydrogen-bond donors (Lipinski definition) is 0. The van der Waals surface area contributed by atoms with Gasteiger partial charge < -0.3 is 0 Å². The van der Waals surface area contributed by atoms with Crippen LogP contribution in [-0.2, 0) is 0 Å². The Balaban J connectivity index is 0.000000181. The molecule has 0 bridgehead atoms. The van der Waals surface area contributed by atoms with E-state index in [-0.39, 0.29) is 5.69 Å². The van der Waals surface area contributed by atoms with Crippen LogP contribution in [-0.4, -0.2) is 4.92 Å². The summed E-state index contributed by atoms with van der Waals surface area (Å²) >= 11 is 8.81. The number of non-ortho nitro benzene ring substituents is 1. The second-order valence-electron chi connectivity index (χ2n) is 3.03. The molecule has 0 saturated carbocycles. The highest BCUT2D eigenvalue weighted by Gasteiger charge is 2.01. The Bertz CT molecular complexity index is 474. The number of benzene rings is 2. The normalized spacial score (nSPS) is 9.06. The van der Waals surface area contributed by atoms with Gasteiger partial charge in [0.05, 0.1) is 4.92 Å². The molecule has 0 fully saturated rings. The molecular formula is C12H9BrClNO2. The van der Waals surface area contributed by atoms with Crippen LogP contribution in [0.1, 0.15) is 0 Å². The highest BCUT2D eigenvalue weighted by Crippen LogP contribution is 2.14. The fourth-order valence-corrected chi connectivity index (χ4v) is 1.41. The predicted octanol–water partition coefficient (Wildman–Crippen LogP) is 4.70. The molecule has 2 aromatic carbocycles. The minimum Gasteiger partial charge on any atom is -0.258 e. The van der Waals surface area contributed by atoms with E-state index in [9.17, 15) is 10.1 Å². The van der Waals surface area contributed by atoms with Gasteiger partial charge in [0.2, 0.25) is 0 Å². The Morgan fingerprint density at radius 2 is 1.53 bits per heavy atom. The molecule has 2 rings (SSSR count). The Hall–Kier alpha value is -1.39. The Morgan fingerprint density at radius 3 is 1.88 bits per heavy atom. The first-order chi connectivity index (χ1) is 8.09. The standard InChI is InChI=1S/C6H5Br.C6H4ClNO2/c7-6-4-2-1-3-5-6;7-5-1-3-6(4-2-5)8(9)10/h1-5H;1-4H. The highest BCUT2D eigenvalue weighted by atomic mass is 79.9. The van der Waals surface area contributed by atoms with Gasteiger partial charge in [-0.3, -0.25) is 10.1 Å². The van der Waals surface area contributed by atoms with Crippen molar-refractivity contribution in [3.05, 3.63) is 74.2 Å². The molecule has 17 heavy (non-hydrogen) atoms. The lowest BCUT2D eigenvalue weighted by atomic mass is 10.3. The van der Waals surface area contributed by atoms with Crippen molar-refractivity contribution in [2.75, 3.05) is 0 Å². The zero-order valence-electron chi connectivity index (χ0n) is 8.72. The van der Waals surface area contributed by atoms with E-state index in [1.54, 1.807) is 0 Å². The van der Waals surface area contributed by atoms with E-state index >= 15 is 0 Å². The average molecular weight is 315 g/mol. The maximum Gasteiger partial charge on any atom is 0.269 e. The lowest BCUT2D eigenvalue weighted by Crippen LogP contribution is -1.85. The molecule has 0 radical (unpaired) electrons. The average Bonchev–Trinajstić information content (AvgIpc) is 2.31. The minimum atomic E-state index is -0.462. The lowest BCUT2D eigenvalue weighted by molar-refractivity contribution is -0.384. The zero-order valence-corrected chi connectivity index (χ0v) is 11.1. The Labute approximate surface area is 112 Å². The van der Waals surface area contributed by atoms with Gasteiger partial charge in [0.15, 0.2) is 0 Å². The quantitative estimate of drug-likeness (QED) is 0.566. The van der Waals surface area contributed by atoms with Crippen LogP contribution in [0.25, 0.3) is 0 Å². The van der Waals surface area contributed by atoms with E-state index in [4.69, 9.17) is 11.6 Å². The van der Waals surface area contributed by atoms with Crippen molar-refractivity contribution in [2.45, 2.75) is 0 Å². The molecule has 0 N–H and O–H groups in total. The third-order valence-electron chi connectivity index (χ3n) is 1.77. The first-order valence-corrected chi connectivity index (χ1v) is 5.87. The molecule has 88 valence electrons. The van der Waals surface area contributed by atoms with Crippen LogP contribution < -0.4 is 0 Å². The maximum atomic E-state index is 10.1. The van der Waals surface area contributed by atoms with Crippen molar-refractivity contribution in [3.8, 4) is 0 Å². The fraction of sp³-hybridized carbons (Fsp3) is 0. The second-order valence-corrected chi connectivity index (χ2v) is 4.38. The number of halogens is 2. The third kappa shape index (κ3) is 5.47. The van der Waals surface area contributed by atoms with Crippen molar-refractivity contribution < 1.29 is 4.92 Å². The number of nitro groups is 1. The van der Waals surface area contributed by atoms with Crippen molar-refractivity contribution in [3.63, 3.8) is 0 Å². The molecule has 0 aromatic heterocycles. The molecule has 0 saturated heterocycles. The van der Waals surface area contributed by atoms with Crippen LogP contribution in [0.4, 0.5) is 5.69 Å². The Morgan fingerprint density at radius 1 is 1.00 bits per heavy atom. The summed E-state index contributed by atoms with van der Waals surface area (Å²) in [5.41, 5.74) is 0.0596. The van der Waals surface area contributed by atoms with Crippen LogP contribution >= 0.6 is 27.5 Å². The molecule has 3 nitrogen and oxygen atoms in total. The number of hydrogen-bond acceptors (Lipinski definition) is 2. The summed E-state index contributed by atoms with van der Waals surface area (Å²) < 4.78 is 1.13. The van der Waals surface area contributed by atoms with Crippen molar-refractivity contribution in [2.24, 2.45) is 0 Å². The smallest absolute Gasteiger partial charge is 0.258 e. The Kier molecular flexibility index (Phi) is 5.66. The molecule has 0 aliphatic heterocycles. The van der Waals surface area contributed by atoms with E-state index in [2.05, 4.69) is 15.9 Å². The maximum absolute atomic E-state index is 10.1. The third-order valence-corrected chi connectivity index (χ3v) is 2.55. The van der Waals surface area contributed by atoms with Gasteiger partial charge in [-0.25, -0.2) is 0 Å². The minimum absolute atomic E-state index is 0.0596. The largest absolute Gasteiger partial charge is 0.269 e. The van der Waals surface area contributed by atoms with E-state index in [0.717, 1.165) is 4.47 Å². The van der Waals surface area contributed by atoms with Gasteiger partial charge in [0, 0.05) is 21.6 Å². The molecule has 0 spiro atoms. The lowest BCUT2D eigenvalue weighted by Gasteiger charge is -1.88. The van der Waals surface area contributed by atoms with Crippen LogP contribution in [0.3, 0.4) is 0 Å². The van der Waals surface area contributed by atoms with E-state index < -0.39 is 4.92 Å². The molecule has 0 amide bonds. The predicted molar refractivity (Wildman–Crippen MR) is 72.2 cm³/mol. The number of nitrogens with zero attached hydrogens (tertiary/aromatic N) is 1. The summed E-state index contributed by atoms with van der Waals surface area (Å²) in [5.74, 6) is 0. The monoisotopic (exact) mass is 313 g/mol. The summed E-state index contributed by atoms with van der Waals surface area (Å²) in [6.07, 6.45) is 0.